The lowest BCUT2D eigenvalue weighted by molar-refractivity contribution is 0.103. The van der Waals surface area contributed by atoms with Crippen LogP contribution in [0.5, 0.6) is 0 Å². The third-order valence-corrected chi connectivity index (χ3v) is 6.60. The van der Waals surface area contributed by atoms with Gasteiger partial charge in [0.15, 0.2) is 5.78 Å². The van der Waals surface area contributed by atoms with Crippen molar-refractivity contribution in [1.82, 2.24) is 0 Å². The van der Waals surface area contributed by atoms with Crippen LogP contribution in [-0.4, -0.2) is 13.9 Å². The molecule has 3 heteroatoms. The minimum absolute atomic E-state index is 0.0197. The number of benzene rings is 2. The molecule has 0 aliphatic heterocycles. The Balaban J connectivity index is 2.28. The van der Waals surface area contributed by atoms with Crippen LogP contribution in [0.1, 0.15) is 15.9 Å². The quantitative estimate of drug-likeness (QED) is 0.610. The summed E-state index contributed by atoms with van der Waals surface area (Å²) in [4.78, 5) is 12.3. The van der Waals surface area contributed by atoms with Crippen LogP contribution in [0.4, 0.5) is 0 Å². The monoisotopic (exact) mass is 300 g/mol. The smallest absolute Gasteiger partial charge is 0.193 e. The van der Waals surface area contributed by atoms with E-state index in [4.69, 9.17) is 11.6 Å². The summed E-state index contributed by atoms with van der Waals surface area (Å²) in [6.45, 7) is 8.37. The van der Waals surface area contributed by atoms with Crippen molar-refractivity contribution in [3.63, 3.8) is 0 Å². The van der Waals surface area contributed by atoms with Crippen molar-refractivity contribution in [1.29, 1.82) is 0 Å². The number of carbonyl (C=O) groups is 1. The van der Waals surface area contributed by atoms with Crippen LogP contribution >= 0.6 is 11.6 Å². The highest BCUT2D eigenvalue weighted by Gasteiger charge is 2.19. The summed E-state index contributed by atoms with van der Waals surface area (Å²) in [5.74, 6) is 0.0197. The number of ketones is 1. The fourth-order valence-electron chi connectivity index (χ4n) is 1.94. The van der Waals surface area contributed by atoms with E-state index in [1.54, 1.807) is 24.3 Å². The van der Waals surface area contributed by atoms with E-state index in [0.717, 1.165) is 0 Å². The van der Waals surface area contributed by atoms with Crippen molar-refractivity contribution >= 4 is 30.6 Å². The Morgan fingerprint density at radius 1 is 1.00 bits per heavy atom. The SMILES string of the molecule is C=C[Si](C)(C)c1ccc(C(=O)c2ccc(Cl)cc2)cc1. The molecule has 0 heterocycles. The fraction of sp³-hybridized carbons (Fsp3) is 0.118. The lowest BCUT2D eigenvalue weighted by Crippen LogP contribution is -2.39. The maximum absolute atomic E-state index is 12.3. The van der Waals surface area contributed by atoms with Crippen LogP contribution in [0.2, 0.25) is 18.1 Å². The second-order valence-corrected chi connectivity index (χ2v) is 10.2. The van der Waals surface area contributed by atoms with Gasteiger partial charge in [0.2, 0.25) is 0 Å². The van der Waals surface area contributed by atoms with Crippen molar-refractivity contribution in [3.05, 3.63) is 77.0 Å². The van der Waals surface area contributed by atoms with Crippen LogP contribution in [-0.2, 0) is 0 Å². The maximum atomic E-state index is 12.3. The Morgan fingerprint density at radius 3 is 1.90 bits per heavy atom. The standard InChI is InChI=1S/C17H17ClOSi/c1-4-20(2,3)16-11-7-14(8-12-16)17(19)13-5-9-15(18)10-6-13/h4-12H,1H2,2-3H3. The Kier molecular flexibility index (Phi) is 4.26. The zero-order valence-corrected chi connectivity index (χ0v) is 13.4. The summed E-state index contributed by atoms with van der Waals surface area (Å²) in [6.07, 6.45) is 0. The van der Waals surface area contributed by atoms with Crippen LogP contribution in [0.3, 0.4) is 0 Å². The van der Waals surface area contributed by atoms with Gasteiger partial charge in [-0.2, -0.15) is 0 Å². The number of hydrogen-bond acceptors (Lipinski definition) is 1. The van der Waals surface area contributed by atoms with Gasteiger partial charge in [0.25, 0.3) is 0 Å². The zero-order valence-electron chi connectivity index (χ0n) is 11.7. The van der Waals surface area contributed by atoms with Crippen LogP contribution in [0, 0.1) is 0 Å². The lowest BCUT2D eigenvalue weighted by Gasteiger charge is -2.17. The van der Waals surface area contributed by atoms with Gasteiger partial charge in [-0.15, -0.1) is 6.58 Å². The van der Waals surface area contributed by atoms with Crippen LogP contribution < -0.4 is 5.19 Å². The molecule has 0 radical (unpaired) electrons. The molecule has 0 bridgehead atoms. The summed E-state index contributed by atoms with van der Waals surface area (Å²) >= 11 is 5.83. The highest BCUT2D eigenvalue weighted by atomic mass is 35.5. The van der Waals surface area contributed by atoms with Gasteiger partial charge in [-0.1, -0.05) is 59.8 Å². The minimum atomic E-state index is -1.56. The second kappa shape index (κ2) is 5.78. The first-order chi connectivity index (χ1) is 9.44. The van der Waals surface area contributed by atoms with E-state index in [2.05, 4.69) is 19.7 Å². The van der Waals surface area contributed by atoms with Gasteiger partial charge in [-0.05, 0) is 24.3 Å². The van der Waals surface area contributed by atoms with Gasteiger partial charge >= 0.3 is 0 Å². The van der Waals surface area contributed by atoms with E-state index in [1.165, 1.54) is 5.19 Å². The molecule has 0 aliphatic rings. The lowest BCUT2D eigenvalue weighted by atomic mass is 10.0. The molecule has 0 saturated carbocycles. The molecule has 2 aromatic carbocycles. The molecule has 0 fully saturated rings. The molecule has 1 nitrogen and oxygen atoms in total. The van der Waals surface area contributed by atoms with Gasteiger partial charge < -0.3 is 0 Å². The molecule has 0 N–H and O–H groups in total. The van der Waals surface area contributed by atoms with Gasteiger partial charge in [0.1, 0.15) is 8.07 Å². The predicted molar refractivity (Wildman–Crippen MR) is 88.6 cm³/mol. The summed E-state index contributed by atoms with van der Waals surface area (Å²) in [6, 6.07) is 14.8. The predicted octanol–water partition coefficient (Wildman–Crippen LogP) is 4.21. The topological polar surface area (TPSA) is 17.1 Å². The first-order valence-corrected chi connectivity index (χ1v) is 9.94. The average molecular weight is 301 g/mol. The summed E-state index contributed by atoms with van der Waals surface area (Å²) in [5.41, 5.74) is 3.40. The Morgan fingerprint density at radius 2 is 1.45 bits per heavy atom. The molecule has 0 atom stereocenters. The molecule has 0 unspecified atom stereocenters. The molecule has 102 valence electrons. The van der Waals surface area contributed by atoms with E-state index in [9.17, 15) is 4.79 Å². The molecule has 2 rings (SSSR count). The van der Waals surface area contributed by atoms with E-state index in [-0.39, 0.29) is 5.78 Å². The van der Waals surface area contributed by atoms with Crippen molar-refractivity contribution in [2.45, 2.75) is 13.1 Å². The normalized spacial score (nSPS) is 11.2. The van der Waals surface area contributed by atoms with Gasteiger partial charge in [0, 0.05) is 16.1 Å². The minimum Gasteiger partial charge on any atom is -0.289 e. The van der Waals surface area contributed by atoms with Crippen molar-refractivity contribution < 1.29 is 4.79 Å². The molecule has 0 aliphatic carbocycles. The Labute approximate surface area is 125 Å². The fourth-order valence-corrected chi connectivity index (χ4v) is 3.32. The Bertz CT molecular complexity index is 627. The summed E-state index contributed by atoms with van der Waals surface area (Å²) in [7, 11) is -1.56. The molecular formula is C17H17ClOSi. The van der Waals surface area contributed by atoms with Crippen molar-refractivity contribution in [2.24, 2.45) is 0 Å². The maximum Gasteiger partial charge on any atom is 0.193 e. The zero-order chi connectivity index (χ0) is 14.8. The Hall–Kier alpha value is -1.64. The van der Waals surface area contributed by atoms with Crippen LogP contribution in [0.25, 0.3) is 0 Å². The van der Waals surface area contributed by atoms with Gasteiger partial charge in [-0.25, -0.2) is 0 Å². The van der Waals surface area contributed by atoms with Crippen molar-refractivity contribution in [3.8, 4) is 0 Å². The largest absolute Gasteiger partial charge is 0.289 e. The first-order valence-electron chi connectivity index (χ1n) is 6.48. The van der Waals surface area contributed by atoms with Crippen LogP contribution in [0.15, 0.2) is 60.8 Å². The highest BCUT2D eigenvalue weighted by molar-refractivity contribution is 6.93. The molecule has 0 amide bonds. The highest BCUT2D eigenvalue weighted by Crippen LogP contribution is 2.14. The number of halogens is 1. The van der Waals surface area contributed by atoms with E-state index in [1.807, 2.05) is 30.0 Å². The molecule has 0 spiro atoms. The number of rotatable bonds is 4. The summed E-state index contributed by atoms with van der Waals surface area (Å²) < 4.78 is 0. The molecule has 2 aromatic rings. The average Bonchev–Trinajstić information content (AvgIpc) is 2.47. The molecular weight excluding hydrogens is 284 g/mol. The second-order valence-electron chi connectivity index (χ2n) is 5.34. The van der Waals surface area contributed by atoms with Gasteiger partial charge in [0.05, 0.1) is 0 Å². The van der Waals surface area contributed by atoms with E-state index >= 15 is 0 Å². The third kappa shape index (κ3) is 3.09. The van der Waals surface area contributed by atoms with Gasteiger partial charge in [-0.3, -0.25) is 4.79 Å². The molecule has 0 aromatic heterocycles. The van der Waals surface area contributed by atoms with Crippen molar-refractivity contribution in [2.75, 3.05) is 0 Å². The van der Waals surface area contributed by atoms with E-state index in [0.29, 0.717) is 16.1 Å². The number of hydrogen-bond donors (Lipinski definition) is 0. The summed E-state index contributed by atoms with van der Waals surface area (Å²) in [5, 5.41) is 1.91. The third-order valence-electron chi connectivity index (χ3n) is 3.51. The number of carbonyl (C=O) groups excluding carboxylic acids is 1. The van der Waals surface area contributed by atoms with E-state index < -0.39 is 8.07 Å². The first kappa shape index (κ1) is 14.8. The molecule has 0 saturated heterocycles. The molecule has 20 heavy (non-hydrogen) atoms.